The molecule has 0 aromatic carbocycles. The van der Waals surface area contributed by atoms with Gasteiger partial charge in [0, 0.05) is 25.7 Å². The Labute approximate surface area is 170 Å². The third-order valence-electron chi connectivity index (χ3n) is 6.64. The van der Waals surface area contributed by atoms with Crippen LogP contribution in [0.25, 0.3) is 0 Å². The van der Waals surface area contributed by atoms with Gasteiger partial charge in [0.15, 0.2) is 5.79 Å². The normalized spacial score (nSPS) is 36.7. The van der Waals surface area contributed by atoms with Crippen molar-refractivity contribution in [3.63, 3.8) is 0 Å². The Morgan fingerprint density at radius 1 is 0.815 bits per heavy atom. The molecule has 3 fully saturated rings. The number of carbonyl (C=O) groups is 1. The second-order valence-electron chi connectivity index (χ2n) is 8.96. The van der Waals surface area contributed by atoms with Gasteiger partial charge in [-0.1, -0.05) is 68.2 Å². The van der Waals surface area contributed by atoms with Crippen molar-refractivity contribution in [3.8, 4) is 0 Å². The Hall–Kier alpha value is -0.410. The van der Waals surface area contributed by atoms with Crippen molar-refractivity contribution in [3.05, 3.63) is 0 Å². The van der Waals surface area contributed by atoms with E-state index in [4.69, 9.17) is 9.47 Å². The average Bonchev–Trinajstić information content (AvgIpc) is 3.09. The maximum Gasteiger partial charge on any atom is 0.169 e. The molecule has 0 bridgehead atoms. The molecule has 0 aromatic heterocycles. The van der Waals surface area contributed by atoms with Gasteiger partial charge in [-0.25, -0.2) is 0 Å². The van der Waals surface area contributed by atoms with Crippen LogP contribution < -0.4 is 0 Å². The van der Waals surface area contributed by atoms with Crippen molar-refractivity contribution in [2.75, 3.05) is 0 Å². The Morgan fingerprint density at radius 2 is 1.33 bits per heavy atom. The number of hydrogen-bond donors (Lipinski definition) is 0. The lowest BCUT2D eigenvalue weighted by atomic mass is 9.94. The molecular weight excluding hydrogens is 336 g/mol. The monoisotopic (exact) mass is 384 g/mol. The number of ketones is 1. The molecule has 3 nitrogen and oxygen atoms in total. The predicted molar refractivity (Wildman–Crippen MR) is 116 cm³/mol. The first-order chi connectivity index (χ1) is 11.8. The SMILES string of the molecule is C.C.CCC[C@@H]1CC(=O)C[C@H]1C.CCC[C@@H]1CC2(C[C@H]1C)O[C@H](C)[C@@H](C)O2. The molecule has 3 heteroatoms. The molecule has 2 saturated carbocycles. The smallest absolute Gasteiger partial charge is 0.169 e. The van der Waals surface area contributed by atoms with Crippen LogP contribution in [0.3, 0.4) is 0 Å². The van der Waals surface area contributed by atoms with Crippen LogP contribution in [-0.2, 0) is 14.3 Å². The Morgan fingerprint density at radius 3 is 1.78 bits per heavy atom. The zero-order valence-electron chi connectivity index (χ0n) is 17.3. The van der Waals surface area contributed by atoms with E-state index in [0.29, 0.717) is 17.6 Å². The fourth-order valence-corrected chi connectivity index (χ4v) is 5.05. The van der Waals surface area contributed by atoms with E-state index < -0.39 is 0 Å². The minimum absolute atomic E-state index is 0. The van der Waals surface area contributed by atoms with Gasteiger partial charge in [-0.15, -0.1) is 0 Å². The van der Waals surface area contributed by atoms with Gasteiger partial charge in [0.2, 0.25) is 0 Å². The van der Waals surface area contributed by atoms with Gasteiger partial charge >= 0.3 is 0 Å². The van der Waals surface area contributed by atoms with Crippen LogP contribution in [0, 0.1) is 23.7 Å². The van der Waals surface area contributed by atoms with Crippen LogP contribution in [0.1, 0.15) is 108 Å². The Bertz CT molecular complexity index is 423. The second kappa shape index (κ2) is 11.6. The summed E-state index contributed by atoms with van der Waals surface area (Å²) in [6.45, 7) is 13.2. The molecule has 0 radical (unpaired) electrons. The summed E-state index contributed by atoms with van der Waals surface area (Å²) in [7, 11) is 0. The maximum atomic E-state index is 10.9. The van der Waals surface area contributed by atoms with Gasteiger partial charge in [0.05, 0.1) is 12.2 Å². The molecule has 0 unspecified atom stereocenters. The fourth-order valence-electron chi connectivity index (χ4n) is 5.05. The molecule has 1 saturated heterocycles. The van der Waals surface area contributed by atoms with Crippen LogP contribution in [0.4, 0.5) is 0 Å². The summed E-state index contributed by atoms with van der Waals surface area (Å²) in [5, 5.41) is 0. The van der Waals surface area contributed by atoms with Gasteiger partial charge < -0.3 is 9.47 Å². The molecule has 0 aromatic rings. The maximum absolute atomic E-state index is 10.9. The highest BCUT2D eigenvalue weighted by Crippen LogP contribution is 2.48. The number of hydrogen-bond acceptors (Lipinski definition) is 3. The summed E-state index contributed by atoms with van der Waals surface area (Å²) in [5.41, 5.74) is 0. The average molecular weight is 385 g/mol. The van der Waals surface area contributed by atoms with Crippen LogP contribution >= 0.6 is 0 Å². The van der Waals surface area contributed by atoms with Gasteiger partial charge in [0.25, 0.3) is 0 Å². The first-order valence-electron chi connectivity index (χ1n) is 10.7. The van der Waals surface area contributed by atoms with Crippen molar-refractivity contribution in [1.82, 2.24) is 0 Å². The fraction of sp³-hybridized carbons (Fsp3) is 0.958. The number of rotatable bonds is 4. The molecule has 1 heterocycles. The van der Waals surface area contributed by atoms with Crippen molar-refractivity contribution >= 4 is 5.78 Å². The van der Waals surface area contributed by atoms with Crippen molar-refractivity contribution in [2.45, 2.75) is 126 Å². The van der Waals surface area contributed by atoms with E-state index in [2.05, 4.69) is 41.5 Å². The lowest BCUT2D eigenvalue weighted by Gasteiger charge is -2.22. The Balaban J connectivity index is 0.000000500. The minimum Gasteiger partial charge on any atom is -0.344 e. The van der Waals surface area contributed by atoms with E-state index in [1.54, 1.807) is 0 Å². The van der Waals surface area contributed by atoms with E-state index >= 15 is 0 Å². The molecule has 1 spiro atoms. The van der Waals surface area contributed by atoms with Crippen molar-refractivity contribution < 1.29 is 14.3 Å². The predicted octanol–water partition coefficient (Wildman–Crippen LogP) is 7.03. The van der Waals surface area contributed by atoms with E-state index in [1.165, 1.54) is 25.7 Å². The number of carbonyl (C=O) groups excluding carboxylic acids is 1. The van der Waals surface area contributed by atoms with Crippen molar-refractivity contribution in [1.29, 1.82) is 0 Å². The number of Topliss-reactive ketones (excluding diaryl/α,β-unsaturated/α-hetero) is 1. The first-order valence-corrected chi connectivity index (χ1v) is 10.7. The van der Waals surface area contributed by atoms with Crippen molar-refractivity contribution in [2.24, 2.45) is 23.7 Å². The van der Waals surface area contributed by atoms with Gasteiger partial charge in [-0.05, 0) is 37.5 Å². The van der Waals surface area contributed by atoms with Gasteiger partial charge in [0.1, 0.15) is 5.78 Å². The van der Waals surface area contributed by atoms with Crippen LogP contribution in [-0.4, -0.2) is 23.8 Å². The minimum atomic E-state index is -0.224. The molecule has 2 aliphatic carbocycles. The largest absolute Gasteiger partial charge is 0.344 e. The summed E-state index contributed by atoms with van der Waals surface area (Å²) < 4.78 is 12.1. The van der Waals surface area contributed by atoms with E-state index in [-0.39, 0.29) is 32.8 Å². The first kappa shape index (κ1) is 26.6. The molecule has 27 heavy (non-hydrogen) atoms. The van der Waals surface area contributed by atoms with E-state index in [1.807, 2.05) is 0 Å². The highest BCUT2D eigenvalue weighted by molar-refractivity contribution is 5.81. The third kappa shape index (κ3) is 6.85. The molecule has 3 aliphatic rings. The Kier molecular flexibility index (Phi) is 11.4. The van der Waals surface area contributed by atoms with Crippen LogP contribution in [0.2, 0.25) is 0 Å². The van der Waals surface area contributed by atoms with Gasteiger partial charge in [-0.2, -0.15) is 0 Å². The molecule has 0 N–H and O–H groups in total. The topological polar surface area (TPSA) is 35.5 Å². The summed E-state index contributed by atoms with van der Waals surface area (Å²) in [6.07, 6.45) is 9.47. The van der Waals surface area contributed by atoms with E-state index in [9.17, 15) is 4.79 Å². The molecule has 6 atom stereocenters. The highest BCUT2D eigenvalue weighted by Gasteiger charge is 2.51. The lowest BCUT2D eigenvalue weighted by Crippen LogP contribution is -2.27. The van der Waals surface area contributed by atoms with Crippen LogP contribution in [0.15, 0.2) is 0 Å². The summed E-state index contributed by atoms with van der Waals surface area (Å²) >= 11 is 0. The second-order valence-corrected chi connectivity index (χ2v) is 8.96. The highest BCUT2D eigenvalue weighted by atomic mass is 16.8. The van der Waals surface area contributed by atoms with Gasteiger partial charge in [-0.3, -0.25) is 4.79 Å². The van der Waals surface area contributed by atoms with Crippen LogP contribution in [0.5, 0.6) is 0 Å². The molecule has 162 valence electrons. The standard InChI is InChI=1S/C13H24O2.C9H16O.2CH4/c1-5-6-12-8-13(7-9(12)2)14-10(3)11(4)15-13;1-3-4-8-6-9(10)5-7(8)2;;/h9-12H,5-8H2,1-4H3;7-8H,3-6H2,1-2H3;2*1H4/t9-,10-,11-,12-;7-,8-;;/m11../s1. The summed E-state index contributed by atoms with van der Waals surface area (Å²) in [6, 6.07) is 0. The molecule has 1 aliphatic heterocycles. The lowest BCUT2D eigenvalue weighted by molar-refractivity contribution is -0.170. The molecule has 0 amide bonds. The molecule has 3 rings (SSSR count). The zero-order chi connectivity index (χ0) is 18.6. The third-order valence-corrected chi connectivity index (χ3v) is 6.64. The number of ether oxygens (including phenoxy) is 2. The quantitative estimate of drug-likeness (QED) is 0.522. The zero-order valence-corrected chi connectivity index (χ0v) is 17.3. The summed E-state index contributed by atoms with van der Waals surface area (Å²) in [4.78, 5) is 10.9. The van der Waals surface area contributed by atoms with E-state index in [0.717, 1.165) is 37.5 Å². The molecular formula is C24H48O3. The summed E-state index contributed by atoms with van der Waals surface area (Å²) in [5.74, 6) is 3.17.